The summed E-state index contributed by atoms with van der Waals surface area (Å²) < 4.78 is 0. The van der Waals surface area contributed by atoms with Crippen molar-refractivity contribution < 1.29 is 25.2 Å². The van der Waals surface area contributed by atoms with Gasteiger partial charge in [-0.25, -0.2) is 0 Å². The zero-order chi connectivity index (χ0) is 48.1. The zero-order valence-electron chi connectivity index (χ0n) is 44.5. The summed E-state index contributed by atoms with van der Waals surface area (Å²) in [6, 6.07) is -1.01. The van der Waals surface area contributed by atoms with Gasteiger partial charge in [0.15, 0.2) is 0 Å². The largest absolute Gasteiger partial charge is 0.394 e. The molecular weight excluding hydrogens is 815 g/mol. The van der Waals surface area contributed by atoms with Crippen LogP contribution in [0.4, 0.5) is 0 Å². The molecule has 392 valence electrons. The Labute approximate surface area is 412 Å². The molecule has 0 aromatic heterocycles. The number of aliphatic hydroxyl groups is 4. The minimum absolute atomic E-state index is 0.365. The number of unbranched alkanes of at least 4 members (excludes halogenated alkanes) is 42. The monoisotopic (exact) mass is 932 g/mol. The number of hydrogen-bond acceptors (Lipinski definition) is 5. The molecule has 0 rings (SSSR count). The molecule has 66 heavy (non-hydrogen) atoms. The van der Waals surface area contributed by atoms with Crippen LogP contribution in [0.3, 0.4) is 0 Å². The average Bonchev–Trinajstić information content (AvgIpc) is 3.32. The van der Waals surface area contributed by atoms with Crippen LogP contribution in [0.25, 0.3) is 0 Å². The molecule has 0 aliphatic rings. The number of allylic oxidation sites excluding steroid dienone is 4. The van der Waals surface area contributed by atoms with E-state index in [1.165, 1.54) is 250 Å². The van der Waals surface area contributed by atoms with Crippen molar-refractivity contribution in [3.05, 3.63) is 24.3 Å². The molecule has 0 spiro atoms. The first-order valence-electron chi connectivity index (χ1n) is 29.7. The molecule has 0 aromatic carbocycles. The molecule has 1 amide bonds. The molecule has 5 N–H and O–H groups in total. The molecule has 6 nitrogen and oxygen atoms in total. The summed E-state index contributed by atoms with van der Waals surface area (Å²) in [5, 5.41) is 44.0. The van der Waals surface area contributed by atoms with Gasteiger partial charge in [-0.2, -0.15) is 0 Å². The van der Waals surface area contributed by atoms with E-state index in [-0.39, 0.29) is 0 Å². The van der Waals surface area contributed by atoms with E-state index in [1.54, 1.807) is 0 Å². The third-order valence-electron chi connectivity index (χ3n) is 14.1. The molecular formula is C60H117NO5. The molecule has 0 saturated heterocycles. The fraction of sp³-hybridized carbons (Fsp3) is 0.917. The maximum atomic E-state index is 12.6. The standard InChI is InChI=1S/C60H117NO5/c1-3-5-7-9-11-13-15-17-19-21-23-25-27-28-29-30-32-33-35-37-39-41-43-45-47-49-51-53-57(63)59(65)56(55-62)61-60(66)58(64)54-52-50-48-46-44-42-40-38-36-34-31-26-24-22-20-18-16-14-12-10-8-6-4-2/h37,39,45,47,56-59,62-65H,3-36,38,40-44,46,48-55H2,1-2H3,(H,61,66)/b39-37+,47-45+. The summed E-state index contributed by atoms with van der Waals surface area (Å²) >= 11 is 0. The lowest BCUT2D eigenvalue weighted by atomic mass is 10.00. The van der Waals surface area contributed by atoms with E-state index in [1.807, 2.05) is 0 Å². The topological polar surface area (TPSA) is 110 Å². The van der Waals surface area contributed by atoms with Crippen LogP contribution in [-0.4, -0.2) is 57.3 Å². The number of amides is 1. The van der Waals surface area contributed by atoms with Crippen LogP contribution < -0.4 is 5.32 Å². The second kappa shape index (κ2) is 54.7. The first-order valence-corrected chi connectivity index (χ1v) is 29.7. The van der Waals surface area contributed by atoms with E-state index >= 15 is 0 Å². The number of rotatable bonds is 55. The van der Waals surface area contributed by atoms with E-state index < -0.39 is 36.9 Å². The molecule has 0 bridgehead atoms. The molecule has 0 saturated carbocycles. The first kappa shape index (κ1) is 64.8. The van der Waals surface area contributed by atoms with Gasteiger partial charge in [0, 0.05) is 0 Å². The summed E-state index contributed by atoms with van der Waals surface area (Å²) in [4.78, 5) is 12.6. The maximum Gasteiger partial charge on any atom is 0.249 e. The van der Waals surface area contributed by atoms with Crippen molar-refractivity contribution in [1.29, 1.82) is 0 Å². The predicted octanol–water partition coefficient (Wildman–Crippen LogP) is 17.4. The van der Waals surface area contributed by atoms with Gasteiger partial charge >= 0.3 is 0 Å². The van der Waals surface area contributed by atoms with Crippen LogP contribution in [0.15, 0.2) is 24.3 Å². The van der Waals surface area contributed by atoms with E-state index in [0.29, 0.717) is 19.3 Å². The summed E-state index contributed by atoms with van der Waals surface area (Å²) in [6.07, 6.45) is 66.9. The highest BCUT2D eigenvalue weighted by Crippen LogP contribution is 2.18. The summed E-state index contributed by atoms with van der Waals surface area (Å²) in [7, 11) is 0. The highest BCUT2D eigenvalue weighted by Gasteiger charge is 2.28. The van der Waals surface area contributed by atoms with Crippen LogP contribution in [0.5, 0.6) is 0 Å². The second-order valence-corrected chi connectivity index (χ2v) is 20.7. The van der Waals surface area contributed by atoms with Crippen molar-refractivity contribution in [1.82, 2.24) is 5.32 Å². The predicted molar refractivity (Wildman–Crippen MR) is 288 cm³/mol. The van der Waals surface area contributed by atoms with E-state index in [0.717, 1.165) is 38.5 Å². The third kappa shape index (κ3) is 47.8. The molecule has 0 aromatic rings. The van der Waals surface area contributed by atoms with E-state index in [9.17, 15) is 25.2 Å². The Kier molecular flexibility index (Phi) is 53.7. The molecule has 0 aliphatic heterocycles. The number of nitrogens with one attached hydrogen (secondary N) is 1. The minimum atomic E-state index is -1.29. The average molecular weight is 933 g/mol. The van der Waals surface area contributed by atoms with Crippen molar-refractivity contribution in [2.45, 2.75) is 346 Å². The van der Waals surface area contributed by atoms with Crippen molar-refractivity contribution in [2.75, 3.05) is 6.61 Å². The number of hydrogen-bond donors (Lipinski definition) is 5. The van der Waals surface area contributed by atoms with Crippen molar-refractivity contribution in [3.63, 3.8) is 0 Å². The van der Waals surface area contributed by atoms with Crippen molar-refractivity contribution in [3.8, 4) is 0 Å². The third-order valence-corrected chi connectivity index (χ3v) is 14.1. The normalized spacial score (nSPS) is 13.8. The van der Waals surface area contributed by atoms with Gasteiger partial charge in [0.1, 0.15) is 12.2 Å². The molecule has 0 aliphatic carbocycles. The Morgan fingerprint density at radius 2 is 0.636 bits per heavy atom. The van der Waals surface area contributed by atoms with Gasteiger partial charge in [-0.3, -0.25) is 4.79 Å². The summed E-state index contributed by atoms with van der Waals surface area (Å²) in [5.41, 5.74) is 0. The van der Waals surface area contributed by atoms with Crippen molar-refractivity contribution in [2.24, 2.45) is 0 Å². The minimum Gasteiger partial charge on any atom is -0.394 e. The van der Waals surface area contributed by atoms with Crippen LogP contribution in [0.1, 0.15) is 322 Å². The Morgan fingerprint density at radius 1 is 0.364 bits per heavy atom. The van der Waals surface area contributed by atoms with Gasteiger partial charge in [0.05, 0.1) is 18.8 Å². The Bertz CT molecular complexity index is 1000. The maximum absolute atomic E-state index is 12.6. The number of carbonyl (C=O) groups excluding carboxylic acids is 1. The van der Waals surface area contributed by atoms with Crippen LogP contribution >= 0.6 is 0 Å². The van der Waals surface area contributed by atoms with Gasteiger partial charge in [-0.1, -0.05) is 295 Å². The van der Waals surface area contributed by atoms with Gasteiger partial charge in [-0.05, 0) is 51.4 Å². The molecule has 6 heteroatoms. The van der Waals surface area contributed by atoms with Crippen molar-refractivity contribution >= 4 is 5.91 Å². The fourth-order valence-electron chi connectivity index (χ4n) is 9.48. The Hall–Kier alpha value is -1.21. The molecule has 0 fully saturated rings. The van der Waals surface area contributed by atoms with Gasteiger partial charge in [0.2, 0.25) is 5.91 Å². The molecule has 0 radical (unpaired) electrons. The zero-order valence-corrected chi connectivity index (χ0v) is 44.5. The lowest BCUT2D eigenvalue weighted by Crippen LogP contribution is -2.53. The summed E-state index contributed by atoms with van der Waals surface area (Å²) in [5.74, 6) is -0.591. The SMILES string of the molecule is CCCCCCCCCCCCCCCCCCCC/C=C/CC/C=C/CCCC(O)C(O)C(CO)NC(=O)C(O)CCCCCCCCCCCCCCCCCCCCCCCCC. The highest BCUT2D eigenvalue weighted by molar-refractivity contribution is 5.80. The number of carbonyl (C=O) groups is 1. The quantitative estimate of drug-likeness (QED) is 0.0308. The van der Waals surface area contributed by atoms with Crippen LogP contribution in [0.2, 0.25) is 0 Å². The van der Waals surface area contributed by atoms with Crippen LogP contribution in [-0.2, 0) is 4.79 Å². The van der Waals surface area contributed by atoms with Gasteiger partial charge in [-0.15, -0.1) is 0 Å². The first-order chi connectivity index (χ1) is 32.5. The van der Waals surface area contributed by atoms with E-state index in [2.05, 4.69) is 43.5 Å². The lowest BCUT2D eigenvalue weighted by Gasteiger charge is -2.27. The van der Waals surface area contributed by atoms with Gasteiger partial charge < -0.3 is 25.7 Å². The molecule has 4 atom stereocenters. The Balaban J connectivity index is 3.65. The van der Waals surface area contributed by atoms with Crippen LogP contribution in [0, 0.1) is 0 Å². The number of aliphatic hydroxyl groups excluding tert-OH is 4. The van der Waals surface area contributed by atoms with E-state index in [4.69, 9.17) is 0 Å². The fourth-order valence-corrected chi connectivity index (χ4v) is 9.48. The lowest BCUT2D eigenvalue weighted by molar-refractivity contribution is -0.132. The molecule has 0 heterocycles. The van der Waals surface area contributed by atoms with Gasteiger partial charge in [0.25, 0.3) is 0 Å². The summed E-state index contributed by atoms with van der Waals surface area (Å²) in [6.45, 7) is 4.08. The highest BCUT2D eigenvalue weighted by atomic mass is 16.3. The smallest absolute Gasteiger partial charge is 0.249 e. The Morgan fingerprint density at radius 3 is 0.955 bits per heavy atom. The molecule has 4 unspecified atom stereocenters. The second-order valence-electron chi connectivity index (χ2n) is 20.7.